The molecule has 0 spiro atoms. The molecule has 1 saturated heterocycles. The van der Waals surface area contributed by atoms with Crippen LogP contribution in [0.25, 0.3) is 0 Å². The lowest BCUT2D eigenvalue weighted by atomic mass is 9.98. The second-order valence-electron chi connectivity index (χ2n) is 6.79. The van der Waals surface area contributed by atoms with Gasteiger partial charge in [0.1, 0.15) is 23.8 Å². The van der Waals surface area contributed by atoms with Crippen molar-refractivity contribution in [2.75, 3.05) is 26.2 Å². The van der Waals surface area contributed by atoms with Crippen molar-refractivity contribution < 1.29 is 25.0 Å². The van der Waals surface area contributed by atoms with Crippen LogP contribution in [0.15, 0.2) is 53.7 Å². The maximum atomic E-state index is 11.2. The molecule has 0 amide bonds. The number of oxime groups is 1. The van der Waals surface area contributed by atoms with Gasteiger partial charge in [-0.05, 0) is 43.7 Å². The molecule has 0 bridgehead atoms. The van der Waals surface area contributed by atoms with Gasteiger partial charge < -0.3 is 20.2 Å². The largest absolute Gasteiger partial charge is 0.507 e. The molecule has 0 aliphatic carbocycles. The molecule has 3 N–H and O–H groups in total. The average molecular weight is 421 g/mol. The number of aromatic hydroxyl groups is 2. The zero-order valence-corrected chi connectivity index (χ0v) is 16.7. The normalized spacial score (nSPS) is 16.5. The molecule has 1 fully saturated rings. The Balaban J connectivity index is 0.00000300. The van der Waals surface area contributed by atoms with E-state index in [4.69, 9.17) is 4.84 Å². The van der Waals surface area contributed by atoms with E-state index in [9.17, 15) is 20.1 Å². The van der Waals surface area contributed by atoms with Crippen LogP contribution in [-0.4, -0.2) is 58.1 Å². The Labute approximate surface area is 175 Å². The molecule has 0 aromatic heterocycles. The van der Waals surface area contributed by atoms with Crippen molar-refractivity contribution in [3.63, 3.8) is 0 Å². The first kappa shape index (κ1) is 22.5. The summed E-state index contributed by atoms with van der Waals surface area (Å²) in [5, 5.41) is 33.7. The van der Waals surface area contributed by atoms with Crippen molar-refractivity contribution in [1.82, 2.24) is 4.90 Å². The highest BCUT2D eigenvalue weighted by Gasteiger charge is 2.25. The van der Waals surface area contributed by atoms with E-state index >= 15 is 0 Å². The number of piperidine rings is 1. The maximum absolute atomic E-state index is 11.2. The first-order chi connectivity index (χ1) is 13.6. The Hall–Kier alpha value is -2.77. The number of carboxylic acids is 1. The molecule has 0 saturated carbocycles. The number of rotatable bonds is 7. The number of likely N-dealkylation sites (tertiary alicyclic amines) is 1. The van der Waals surface area contributed by atoms with Crippen molar-refractivity contribution in [2.45, 2.75) is 12.8 Å². The fraction of sp³-hybridized carbons (Fsp3) is 0.333. The van der Waals surface area contributed by atoms with Crippen LogP contribution in [0.2, 0.25) is 0 Å². The minimum Gasteiger partial charge on any atom is -0.507 e. The van der Waals surface area contributed by atoms with Crippen LogP contribution in [0.4, 0.5) is 0 Å². The second kappa shape index (κ2) is 10.7. The van der Waals surface area contributed by atoms with Gasteiger partial charge in [-0.1, -0.05) is 29.4 Å². The molecule has 156 valence electrons. The zero-order valence-electron chi connectivity index (χ0n) is 15.9. The summed E-state index contributed by atoms with van der Waals surface area (Å²) in [6.07, 6.45) is 1.55. The van der Waals surface area contributed by atoms with E-state index in [2.05, 4.69) is 10.1 Å². The SMILES string of the molecule is Cl.O=C(O)C1CCCN(CCON=C(c2ccccc2O)c2ccccc2O)C1. The summed E-state index contributed by atoms with van der Waals surface area (Å²) in [6.45, 7) is 2.18. The smallest absolute Gasteiger partial charge is 0.307 e. The van der Waals surface area contributed by atoms with Gasteiger partial charge in [-0.3, -0.25) is 9.69 Å². The molecule has 2 aromatic rings. The van der Waals surface area contributed by atoms with Gasteiger partial charge in [0.25, 0.3) is 0 Å². The summed E-state index contributed by atoms with van der Waals surface area (Å²) in [4.78, 5) is 18.7. The molecule has 1 heterocycles. The van der Waals surface area contributed by atoms with E-state index in [0.717, 1.165) is 13.0 Å². The van der Waals surface area contributed by atoms with Crippen LogP contribution in [0, 0.1) is 5.92 Å². The highest BCUT2D eigenvalue weighted by molar-refractivity contribution is 6.15. The molecule has 0 radical (unpaired) electrons. The van der Waals surface area contributed by atoms with Crippen LogP contribution in [-0.2, 0) is 9.63 Å². The standard InChI is InChI=1S/C21H24N2O5.ClH/c24-18-9-3-1-7-16(18)20(17-8-2-4-10-19(17)25)22-28-13-12-23-11-5-6-15(14-23)21(26)27;/h1-4,7-10,15,24-25H,5-6,11-14H2,(H,26,27);1H. The molecule has 1 aliphatic heterocycles. The molecule has 7 nitrogen and oxygen atoms in total. The first-order valence-corrected chi connectivity index (χ1v) is 9.28. The van der Waals surface area contributed by atoms with Crippen LogP contribution in [0.1, 0.15) is 24.0 Å². The molecular weight excluding hydrogens is 396 g/mol. The average Bonchev–Trinajstić information content (AvgIpc) is 2.70. The molecule has 8 heteroatoms. The van der Waals surface area contributed by atoms with Crippen molar-refractivity contribution in [3.8, 4) is 11.5 Å². The minimum atomic E-state index is -0.759. The molecule has 1 aliphatic rings. The molecule has 3 rings (SSSR count). The van der Waals surface area contributed by atoms with E-state index < -0.39 is 5.97 Å². The second-order valence-corrected chi connectivity index (χ2v) is 6.79. The number of nitrogens with zero attached hydrogens (tertiary/aromatic N) is 2. The van der Waals surface area contributed by atoms with Gasteiger partial charge in [0, 0.05) is 24.2 Å². The van der Waals surface area contributed by atoms with Gasteiger partial charge in [-0.2, -0.15) is 0 Å². The summed E-state index contributed by atoms with van der Waals surface area (Å²) in [6, 6.07) is 13.4. The Morgan fingerprint density at radius 3 is 2.21 bits per heavy atom. The molecule has 29 heavy (non-hydrogen) atoms. The lowest BCUT2D eigenvalue weighted by Gasteiger charge is -2.29. The molecule has 1 atom stereocenters. The van der Waals surface area contributed by atoms with Crippen LogP contribution >= 0.6 is 12.4 Å². The zero-order chi connectivity index (χ0) is 19.9. The fourth-order valence-electron chi connectivity index (χ4n) is 3.33. The third-order valence-electron chi connectivity index (χ3n) is 4.83. The van der Waals surface area contributed by atoms with E-state index in [1.165, 1.54) is 0 Å². The molecule has 2 aromatic carbocycles. The Kier molecular flexibility index (Phi) is 8.30. The van der Waals surface area contributed by atoms with E-state index in [1.807, 2.05) is 0 Å². The molecular formula is C21H25ClN2O5. The number of para-hydroxylation sites is 2. The Morgan fingerprint density at radius 1 is 1.07 bits per heavy atom. The lowest BCUT2D eigenvalue weighted by Crippen LogP contribution is -2.40. The highest BCUT2D eigenvalue weighted by atomic mass is 35.5. The summed E-state index contributed by atoms with van der Waals surface area (Å²) in [5.74, 6) is -1.03. The van der Waals surface area contributed by atoms with Gasteiger partial charge in [-0.15, -0.1) is 12.4 Å². The van der Waals surface area contributed by atoms with Crippen molar-refractivity contribution in [1.29, 1.82) is 0 Å². The summed E-state index contributed by atoms with van der Waals surface area (Å²) in [7, 11) is 0. The number of halogens is 1. The van der Waals surface area contributed by atoms with Crippen molar-refractivity contribution >= 4 is 24.1 Å². The van der Waals surface area contributed by atoms with Gasteiger partial charge in [-0.25, -0.2) is 0 Å². The first-order valence-electron chi connectivity index (χ1n) is 9.28. The van der Waals surface area contributed by atoms with Gasteiger partial charge in [0.05, 0.1) is 5.92 Å². The number of aliphatic carboxylic acids is 1. The van der Waals surface area contributed by atoms with Crippen molar-refractivity contribution in [3.05, 3.63) is 59.7 Å². The number of phenols is 2. The molecule has 1 unspecified atom stereocenters. The van der Waals surface area contributed by atoms with E-state index in [1.54, 1.807) is 48.5 Å². The van der Waals surface area contributed by atoms with E-state index in [-0.39, 0.29) is 36.4 Å². The van der Waals surface area contributed by atoms with Crippen molar-refractivity contribution in [2.24, 2.45) is 11.1 Å². The van der Waals surface area contributed by atoms with Crippen LogP contribution in [0.5, 0.6) is 11.5 Å². The monoisotopic (exact) mass is 420 g/mol. The minimum absolute atomic E-state index is 0. The van der Waals surface area contributed by atoms with Gasteiger partial charge >= 0.3 is 5.97 Å². The number of carbonyl (C=O) groups is 1. The van der Waals surface area contributed by atoms with Crippen LogP contribution in [0.3, 0.4) is 0 Å². The Bertz CT molecular complexity index is 811. The summed E-state index contributed by atoms with van der Waals surface area (Å²) < 4.78 is 0. The maximum Gasteiger partial charge on any atom is 0.307 e. The summed E-state index contributed by atoms with van der Waals surface area (Å²) >= 11 is 0. The van der Waals surface area contributed by atoms with E-state index in [0.29, 0.717) is 36.3 Å². The number of hydrogen-bond donors (Lipinski definition) is 3. The van der Waals surface area contributed by atoms with Gasteiger partial charge in [0.2, 0.25) is 0 Å². The predicted octanol–water partition coefficient (Wildman–Crippen LogP) is 3.09. The predicted molar refractivity (Wildman–Crippen MR) is 112 cm³/mol. The lowest BCUT2D eigenvalue weighted by molar-refractivity contribution is -0.143. The number of benzene rings is 2. The van der Waals surface area contributed by atoms with Gasteiger partial charge in [0.15, 0.2) is 0 Å². The topological polar surface area (TPSA) is 103 Å². The highest BCUT2D eigenvalue weighted by Crippen LogP contribution is 2.26. The quantitative estimate of drug-likeness (QED) is 0.361. The number of carboxylic acid groups (broad SMARTS) is 1. The summed E-state index contributed by atoms with van der Waals surface area (Å²) in [5.41, 5.74) is 1.24. The number of hydrogen-bond acceptors (Lipinski definition) is 6. The Morgan fingerprint density at radius 2 is 1.66 bits per heavy atom. The third-order valence-corrected chi connectivity index (χ3v) is 4.83. The van der Waals surface area contributed by atoms with Crippen LogP contribution < -0.4 is 0 Å². The fourth-order valence-corrected chi connectivity index (χ4v) is 3.33. The number of phenolic OH excluding ortho intramolecular Hbond substituents is 2. The third kappa shape index (κ3) is 5.85.